The predicted molar refractivity (Wildman–Crippen MR) is 128 cm³/mol. The molecule has 0 aliphatic carbocycles. The number of likely N-dealkylation sites (tertiary alicyclic amines) is 1. The number of ether oxygens (including phenoxy) is 1. The average Bonchev–Trinajstić information content (AvgIpc) is 2.59. The molecule has 1 saturated heterocycles. The van der Waals surface area contributed by atoms with Gasteiger partial charge in [-0.1, -0.05) is 13.8 Å². The van der Waals surface area contributed by atoms with Crippen LogP contribution in [0.15, 0.2) is 4.99 Å². The van der Waals surface area contributed by atoms with Gasteiger partial charge in [0.1, 0.15) is 0 Å². The molecule has 1 rings (SSSR count). The lowest BCUT2D eigenvalue weighted by molar-refractivity contribution is 0.147. The fourth-order valence-electron chi connectivity index (χ4n) is 3.36. The Morgan fingerprint density at radius 3 is 2.32 bits per heavy atom. The molecular weight excluding hydrogens is 469 g/mol. The van der Waals surface area contributed by atoms with Crippen molar-refractivity contribution in [2.45, 2.75) is 78.9 Å². The third-order valence-corrected chi connectivity index (χ3v) is 4.77. The Morgan fingerprint density at radius 1 is 1.18 bits per heavy atom. The largest absolute Gasteiger partial charge is 0.450 e. The molecule has 0 spiro atoms. The van der Waals surface area contributed by atoms with Crippen LogP contribution in [0.1, 0.15) is 60.8 Å². The first-order chi connectivity index (χ1) is 12.8. The molecule has 0 radical (unpaired) electrons. The van der Waals surface area contributed by atoms with Gasteiger partial charge < -0.3 is 25.6 Å². The molecular formula is C20H42IN5O2. The summed E-state index contributed by atoms with van der Waals surface area (Å²) in [4.78, 5) is 19.0. The van der Waals surface area contributed by atoms with E-state index in [4.69, 9.17) is 9.73 Å². The second-order valence-electron chi connectivity index (χ2n) is 7.96. The molecule has 1 amide bonds. The highest BCUT2D eigenvalue weighted by Gasteiger charge is 2.21. The van der Waals surface area contributed by atoms with Crippen molar-refractivity contribution in [1.82, 2.24) is 20.9 Å². The van der Waals surface area contributed by atoms with Crippen LogP contribution in [0.5, 0.6) is 0 Å². The molecule has 28 heavy (non-hydrogen) atoms. The highest BCUT2D eigenvalue weighted by atomic mass is 127. The number of halogens is 1. The van der Waals surface area contributed by atoms with Gasteiger partial charge in [-0.3, -0.25) is 4.99 Å². The lowest BCUT2D eigenvalue weighted by Crippen LogP contribution is -2.50. The summed E-state index contributed by atoms with van der Waals surface area (Å²) in [7, 11) is 0. The van der Waals surface area contributed by atoms with Gasteiger partial charge in [-0.15, -0.1) is 24.0 Å². The minimum Gasteiger partial charge on any atom is -0.450 e. The van der Waals surface area contributed by atoms with E-state index in [0.29, 0.717) is 31.2 Å². The molecule has 166 valence electrons. The van der Waals surface area contributed by atoms with Crippen molar-refractivity contribution in [2.75, 3.05) is 32.8 Å². The Balaban J connectivity index is 0.00000729. The Kier molecular flexibility index (Phi) is 14.7. The van der Waals surface area contributed by atoms with Crippen LogP contribution >= 0.6 is 24.0 Å². The highest BCUT2D eigenvalue weighted by Crippen LogP contribution is 2.13. The molecule has 8 heteroatoms. The Bertz CT molecular complexity index is 452. The molecule has 1 fully saturated rings. The van der Waals surface area contributed by atoms with Crippen LogP contribution in [0.4, 0.5) is 4.79 Å². The third kappa shape index (κ3) is 11.3. The van der Waals surface area contributed by atoms with Crippen molar-refractivity contribution in [2.24, 2.45) is 10.9 Å². The number of nitrogens with one attached hydrogen (secondary N) is 3. The molecule has 0 bridgehead atoms. The number of carbonyl (C=O) groups is 1. The fourth-order valence-corrected chi connectivity index (χ4v) is 3.36. The first-order valence-electron chi connectivity index (χ1n) is 10.6. The SMILES string of the molecule is CCNC(=NCC(CC(C)C)NC(=O)OCC)NC1CCN(C(C)C)CC1.I. The second-order valence-corrected chi connectivity index (χ2v) is 7.96. The number of carbonyl (C=O) groups excluding carboxylic acids is 1. The maximum Gasteiger partial charge on any atom is 0.407 e. The Morgan fingerprint density at radius 2 is 1.82 bits per heavy atom. The van der Waals surface area contributed by atoms with Gasteiger partial charge in [0, 0.05) is 31.7 Å². The minimum atomic E-state index is -0.364. The summed E-state index contributed by atoms with van der Waals surface area (Å²) in [6, 6.07) is 1.03. The predicted octanol–water partition coefficient (Wildman–Crippen LogP) is 3.19. The number of piperidine rings is 1. The van der Waals surface area contributed by atoms with E-state index in [1.165, 1.54) is 0 Å². The van der Waals surface area contributed by atoms with E-state index < -0.39 is 0 Å². The van der Waals surface area contributed by atoms with Crippen molar-refractivity contribution in [3.8, 4) is 0 Å². The first-order valence-corrected chi connectivity index (χ1v) is 10.6. The molecule has 3 N–H and O–H groups in total. The number of hydrogen-bond acceptors (Lipinski definition) is 4. The first kappa shape index (κ1) is 27.2. The fraction of sp³-hybridized carbons (Fsp3) is 0.900. The summed E-state index contributed by atoms with van der Waals surface area (Å²) in [6.45, 7) is 16.7. The second kappa shape index (κ2) is 15.1. The zero-order chi connectivity index (χ0) is 20.2. The maximum absolute atomic E-state index is 11.8. The molecule has 0 aromatic rings. The quantitative estimate of drug-likeness (QED) is 0.252. The van der Waals surface area contributed by atoms with Crippen molar-refractivity contribution in [1.29, 1.82) is 0 Å². The summed E-state index contributed by atoms with van der Waals surface area (Å²) < 4.78 is 5.02. The number of hydrogen-bond donors (Lipinski definition) is 3. The van der Waals surface area contributed by atoms with E-state index in [1.807, 2.05) is 6.92 Å². The molecule has 0 saturated carbocycles. The zero-order valence-corrected chi connectivity index (χ0v) is 20.9. The molecule has 1 atom stereocenters. The van der Waals surface area contributed by atoms with Gasteiger partial charge in [-0.2, -0.15) is 0 Å². The van der Waals surface area contributed by atoms with E-state index >= 15 is 0 Å². The van der Waals surface area contributed by atoms with Crippen molar-refractivity contribution in [3.63, 3.8) is 0 Å². The van der Waals surface area contributed by atoms with Crippen LogP contribution in [-0.2, 0) is 4.74 Å². The summed E-state index contributed by atoms with van der Waals surface area (Å²) >= 11 is 0. The lowest BCUT2D eigenvalue weighted by Gasteiger charge is -2.35. The summed E-state index contributed by atoms with van der Waals surface area (Å²) in [5, 5.41) is 9.84. The molecule has 0 aromatic carbocycles. The summed E-state index contributed by atoms with van der Waals surface area (Å²) in [5.41, 5.74) is 0. The lowest BCUT2D eigenvalue weighted by atomic mass is 10.0. The van der Waals surface area contributed by atoms with Gasteiger partial charge in [-0.05, 0) is 52.9 Å². The van der Waals surface area contributed by atoms with E-state index in [0.717, 1.165) is 44.9 Å². The number of guanidine groups is 1. The maximum atomic E-state index is 11.8. The topological polar surface area (TPSA) is 78.0 Å². The van der Waals surface area contributed by atoms with E-state index in [2.05, 4.69) is 55.5 Å². The van der Waals surface area contributed by atoms with Crippen molar-refractivity contribution >= 4 is 36.0 Å². The standard InChI is InChI=1S/C20H41N5O2.HI/c1-7-21-19(23-17-9-11-25(12-10-17)16(5)6)22-14-18(13-15(3)4)24-20(26)27-8-2;/h15-18H,7-14H2,1-6H3,(H,24,26)(H2,21,22,23);1H. The smallest absolute Gasteiger partial charge is 0.407 e. The van der Waals surface area contributed by atoms with Gasteiger partial charge in [0.25, 0.3) is 0 Å². The molecule has 1 aliphatic rings. The number of aliphatic imine (C=N–C) groups is 1. The van der Waals surface area contributed by atoms with Crippen molar-refractivity contribution in [3.05, 3.63) is 0 Å². The van der Waals surface area contributed by atoms with Gasteiger partial charge in [0.2, 0.25) is 0 Å². The normalized spacial score (nSPS) is 17.2. The van der Waals surface area contributed by atoms with Crippen molar-refractivity contribution < 1.29 is 9.53 Å². The number of amides is 1. The van der Waals surface area contributed by atoms with E-state index in [9.17, 15) is 4.79 Å². The van der Waals surface area contributed by atoms with Gasteiger partial charge in [0.05, 0.1) is 19.2 Å². The summed E-state index contributed by atoms with van der Waals surface area (Å²) in [5.74, 6) is 1.31. The van der Waals surface area contributed by atoms with Crippen LogP contribution in [-0.4, -0.2) is 67.9 Å². The van der Waals surface area contributed by atoms with Gasteiger partial charge in [-0.25, -0.2) is 4.79 Å². The van der Waals surface area contributed by atoms with E-state index in [-0.39, 0.29) is 36.1 Å². The Labute approximate surface area is 188 Å². The van der Waals surface area contributed by atoms with Crippen LogP contribution < -0.4 is 16.0 Å². The molecule has 1 heterocycles. The van der Waals surface area contributed by atoms with Gasteiger partial charge >= 0.3 is 6.09 Å². The number of rotatable bonds is 9. The molecule has 7 nitrogen and oxygen atoms in total. The molecule has 0 aromatic heterocycles. The Hall–Kier alpha value is -0.770. The van der Waals surface area contributed by atoms with Crippen LogP contribution in [0.2, 0.25) is 0 Å². The third-order valence-electron chi connectivity index (χ3n) is 4.77. The summed E-state index contributed by atoms with van der Waals surface area (Å²) in [6.07, 6.45) is 2.75. The number of nitrogens with zero attached hydrogens (tertiary/aromatic N) is 2. The highest BCUT2D eigenvalue weighted by molar-refractivity contribution is 14.0. The number of alkyl carbamates (subject to hydrolysis) is 1. The zero-order valence-electron chi connectivity index (χ0n) is 18.6. The minimum absolute atomic E-state index is 0. The molecule has 1 aliphatic heterocycles. The molecule has 1 unspecified atom stereocenters. The monoisotopic (exact) mass is 511 g/mol. The van der Waals surface area contributed by atoms with Gasteiger partial charge in [0.15, 0.2) is 5.96 Å². The van der Waals surface area contributed by atoms with Crippen LogP contribution in [0.3, 0.4) is 0 Å². The average molecular weight is 511 g/mol. The van der Waals surface area contributed by atoms with Crippen LogP contribution in [0.25, 0.3) is 0 Å². The van der Waals surface area contributed by atoms with Crippen LogP contribution in [0, 0.1) is 5.92 Å². The van der Waals surface area contributed by atoms with E-state index in [1.54, 1.807) is 0 Å².